The number of carbonyl (C=O) groups is 1. The fraction of sp³-hybridized carbons (Fsp3) is 0.308. The lowest BCUT2D eigenvalue weighted by molar-refractivity contribution is 0.0926. The molecule has 7 nitrogen and oxygen atoms in total. The molecule has 0 saturated carbocycles. The van der Waals surface area contributed by atoms with Crippen molar-refractivity contribution in [1.82, 2.24) is 15.2 Å². The Hall–Kier alpha value is -3.30. The number of rotatable bonds is 7. The molecule has 0 bridgehead atoms. The number of nitrogens with one attached hydrogen (secondary N) is 1. The van der Waals surface area contributed by atoms with Gasteiger partial charge in [0, 0.05) is 38.9 Å². The number of hydrogen-bond acceptors (Lipinski definition) is 7. The lowest BCUT2D eigenvalue weighted by Crippen LogP contribution is -2.50. The minimum Gasteiger partial charge on any atom is -0.454 e. The third-order valence-corrected chi connectivity index (χ3v) is 7.11. The minimum absolute atomic E-state index is 0.0781. The number of carbonyl (C=O) groups excluding carboxylic acids is 1. The first-order chi connectivity index (χ1) is 17.1. The average Bonchev–Trinajstić information content (AvgIpc) is 3.37. The van der Waals surface area contributed by atoms with E-state index in [1.54, 1.807) is 24.4 Å². The standard InChI is InChI=1S/C26H27FN4O3S/c1-35-26-19(5-4-10-28-26)25(32)29-16-22(18-8-9-23-24(15-18)34-17-33-23)31-13-11-30(12-14-31)21-7-3-2-6-20(21)27/h2-10,15,22H,11-14,16-17H2,1H3,(H,29,32)/t22-/m1/s1. The van der Waals surface area contributed by atoms with Crippen LogP contribution < -0.4 is 19.7 Å². The number of aromatic nitrogens is 1. The van der Waals surface area contributed by atoms with E-state index in [1.807, 2.05) is 36.6 Å². The zero-order valence-electron chi connectivity index (χ0n) is 19.4. The number of anilines is 1. The van der Waals surface area contributed by atoms with Gasteiger partial charge in [-0.2, -0.15) is 0 Å². The molecule has 0 unspecified atom stereocenters. The van der Waals surface area contributed by atoms with Gasteiger partial charge >= 0.3 is 0 Å². The molecule has 1 amide bonds. The number of nitrogens with zero attached hydrogens (tertiary/aromatic N) is 3. The number of piperazine rings is 1. The Morgan fingerprint density at radius 2 is 1.89 bits per heavy atom. The maximum atomic E-state index is 14.3. The van der Waals surface area contributed by atoms with Crippen LogP contribution in [0.5, 0.6) is 11.5 Å². The molecule has 0 radical (unpaired) electrons. The van der Waals surface area contributed by atoms with Crippen molar-refractivity contribution in [2.75, 3.05) is 50.7 Å². The van der Waals surface area contributed by atoms with Gasteiger partial charge < -0.3 is 19.7 Å². The highest BCUT2D eigenvalue weighted by Crippen LogP contribution is 2.36. The SMILES string of the molecule is CSc1ncccc1C(=O)NC[C@H](c1ccc2c(c1)OCO2)N1CCN(c2ccccc2F)CC1. The molecule has 2 aliphatic heterocycles. The maximum Gasteiger partial charge on any atom is 0.254 e. The van der Waals surface area contributed by atoms with Gasteiger partial charge in [0.25, 0.3) is 5.91 Å². The normalized spacial score (nSPS) is 16.2. The number of para-hydroxylation sites is 1. The number of hydrogen-bond donors (Lipinski definition) is 1. The van der Waals surface area contributed by atoms with E-state index in [0.29, 0.717) is 41.7 Å². The molecule has 0 spiro atoms. The second-order valence-electron chi connectivity index (χ2n) is 8.37. The van der Waals surface area contributed by atoms with E-state index >= 15 is 0 Å². The largest absolute Gasteiger partial charge is 0.454 e. The zero-order chi connectivity index (χ0) is 24.2. The Bertz CT molecular complexity index is 1200. The van der Waals surface area contributed by atoms with Crippen LogP contribution in [0.1, 0.15) is 22.0 Å². The first-order valence-corrected chi connectivity index (χ1v) is 12.8. The lowest BCUT2D eigenvalue weighted by Gasteiger charge is -2.40. The van der Waals surface area contributed by atoms with Crippen LogP contribution >= 0.6 is 11.8 Å². The van der Waals surface area contributed by atoms with Gasteiger partial charge in [0.1, 0.15) is 10.8 Å². The Morgan fingerprint density at radius 3 is 2.69 bits per heavy atom. The number of fused-ring (bicyclic) bond motifs is 1. The summed E-state index contributed by atoms with van der Waals surface area (Å²) in [4.78, 5) is 21.7. The fourth-order valence-electron chi connectivity index (χ4n) is 4.57. The highest BCUT2D eigenvalue weighted by Gasteiger charge is 2.28. The first kappa shape index (κ1) is 23.4. The highest BCUT2D eigenvalue weighted by molar-refractivity contribution is 7.98. The molecule has 1 atom stereocenters. The van der Waals surface area contributed by atoms with E-state index in [9.17, 15) is 9.18 Å². The summed E-state index contributed by atoms with van der Waals surface area (Å²) in [6.45, 7) is 3.46. The van der Waals surface area contributed by atoms with Crippen molar-refractivity contribution < 1.29 is 18.7 Å². The van der Waals surface area contributed by atoms with Crippen molar-refractivity contribution in [1.29, 1.82) is 0 Å². The molecule has 35 heavy (non-hydrogen) atoms. The van der Waals surface area contributed by atoms with Crippen LogP contribution in [0, 0.1) is 5.82 Å². The summed E-state index contributed by atoms with van der Waals surface area (Å²) in [6.07, 6.45) is 3.59. The molecule has 9 heteroatoms. The predicted octanol–water partition coefficient (Wildman–Crippen LogP) is 3.96. The zero-order valence-corrected chi connectivity index (χ0v) is 20.3. The van der Waals surface area contributed by atoms with Gasteiger partial charge in [-0.3, -0.25) is 9.69 Å². The van der Waals surface area contributed by atoms with Crippen molar-refractivity contribution in [2.24, 2.45) is 0 Å². The molecule has 0 aliphatic carbocycles. The first-order valence-electron chi connectivity index (χ1n) is 11.5. The molecule has 3 heterocycles. The fourth-order valence-corrected chi connectivity index (χ4v) is 5.12. The predicted molar refractivity (Wildman–Crippen MR) is 134 cm³/mol. The number of ether oxygens (including phenoxy) is 2. The van der Waals surface area contributed by atoms with Crippen molar-refractivity contribution in [3.8, 4) is 11.5 Å². The quantitative estimate of drug-likeness (QED) is 0.499. The van der Waals surface area contributed by atoms with Gasteiger partial charge in [-0.15, -0.1) is 11.8 Å². The van der Waals surface area contributed by atoms with Crippen molar-refractivity contribution in [2.45, 2.75) is 11.1 Å². The van der Waals surface area contributed by atoms with E-state index in [2.05, 4.69) is 20.1 Å². The van der Waals surface area contributed by atoms with Crippen LogP contribution in [-0.2, 0) is 0 Å². The van der Waals surface area contributed by atoms with Crippen molar-refractivity contribution >= 4 is 23.4 Å². The Kier molecular flexibility index (Phi) is 7.06. The molecule has 5 rings (SSSR count). The summed E-state index contributed by atoms with van der Waals surface area (Å²) in [7, 11) is 0. The number of halogens is 1. The average molecular weight is 495 g/mol. The van der Waals surface area contributed by atoms with E-state index in [1.165, 1.54) is 17.8 Å². The molecular formula is C26H27FN4O3S. The summed E-state index contributed by atoms with van der Waals surface area (Å²) in [5, 5.41) is 3.81. The molecule has 1 aromatic heterocycles. The molecule has 182 valence electrons. The van der Waals surface area contributed by atoms with Gasteiger partial charge in [-0.1, -0.05) is 18.2 Å². The van der Waals surface area contributed by atoms with Crippen LogP contribution in [0.2, 0.25) is 0 Å². The third-order valence-electron chi connectivity index (χ3n) is 6.39. The van der Waals surface area contributed by atoms with E-state index in [0.717, 1.165) is 24.4 Å². The van der Waals surface area contributed by atoms with Crippen LogP contribution in [0.4, 0.5) is 10.1 Å². The highest BCUT2D eigenvalue weighted by atomic mass is 32.2. The minimum atomic E-state index is -0.207. The van der Waals surface area contributed by atoms with Gasteiger partial charge in [0.2, 0.25) is 6.79 Å². The second-order valence-corrected chi connectivity index (χ2v) is 9.17. The number of thioether (sulfide) groups is 1. The number of pyridine rings is 1. The Labute approximate surface area is 208 Å². The maximum absolute atomic E-state index is 14.3. The van der Waals surface area contributed by atoms with Gasteiger partial charge in [0.05, 0.1) is 17.3 Å². The number of benzene rings is 2. The van der Waals surface area contributed by atoms with Crippen molar-refractivity contribution in [3.05, 3.63) is 77.7 Å². The lowest BCUT2D eigenvalue weighted by atomic mass is 10.0. The van der Waals surface area contributed by atoms with Gasteiger partial charge in [-0.25, -0.2) is 9.37 Å². The van der Waals surface area contributed by atoms with E-state index in [-0.39, 0.29) is 24.6 Å². The van der Waals surface area contributed by atoms with Crippen LogP contribution in [0.3, 0.4) is 0 Å². The van der Waals surface area contributed by atoms with Crippen molar-refractivity contribution in [3.63, 3.8) is 0 Å². The molecule has 1 N–H and O–H groups in total. The number of amides is 1. The summed E-state index contributed by atoms with van der Waals surface area (Å²) in [5.74, 6) is 1.07. The second kappa shape index (κ2) is 10.5. The monoisotopic (exact) mass is 494 g/mol. The van der Waals surface area contributed by atoms with E-state index in [4.69, 9.17) is 9.47 Å². The molecule has 1 fully saturated rings. The van der Waals surface area contributed by atoms with E-state index < -0.39 is 0 Å². The van der Waals surface area contributed by atoms with Crippen LogP contribution in [0.15, 0.2) is 65.8 Å². The molecular weight excluding hydrogens is 467 g/mol. The summed E-state index contributed by atoms with van der Waals surface area (Å²) in [6, 6.07) is 16.3. The van der Waals surface area contributed by atoms with Crippen LogP contribution in [-0.4, -0.2) is 61.6 Å². The Morgan fingerprint density at radius 1 is 1.09 bits per heavy atom. The summed E-state index contributed by atoms with van der Waals surface area (Å²) >= 11 is 1.45. The Balaban J connectivity index is 1.34. The smallest absolute Gasteiger partial charge is 0.254 e. The third kappa shape index (κ3) is 5.06. The van der Waals surface area contributed by atoms with Gasteiger partial charge in [0.15, 0.2) is 11.5 Å². The molecule has 3 aromatic rings. The van der Waals surface area contributed by atoms with Crippen LogP contribution in [0.25, 0.3) is 0 Å². The molecule has 1 saturated heterocycles. The molecule has 2 aromatic carbocycles. The summed E-state index contributed by atoms with van der Waals surface area (Å²) in [5.41, 5.74) is 2.22. The van der Waals surface area contributed by atoms with Gasteiger partial charge in [-0.05, 0) is 48.2 Å². The molecule has 2 aliphatic rings. The topological polar surface area (TPSA) is 66.9 Å². The summed E-state index contributed by atoms with van der Waals surface area (Å²) < 4.78 is 25.4.